The highest BCUT2D eigenvalue weighted by molar-refractivity contribution is 6.16. The van der Waals surface area contributed by atoms with Crippen LogP contribution in [0.15, 0.2) is 12.3 Å². The third-order valence-corrected chi connectivity index (χ3v) is 2.99. The van der Waals surface area contributed by atoms with Gasteiger partial charge in [0.2, 0.25) is 0 Å². The van der Waals surface area contributed by atoms with E-state index in [4.69, 9.17) is 21.6 Å². The summed E-state index contributed by atoms with van der Waals surface area (Å²) in [6, 6.07) is 3.76. The van der Waals surface area contributed by atoms with Crippen molar-refractivity contribution in [3.05, 3.63) is 23.7 Å². The maximum Gasteiger partial charge on any atom is 0.160 e. The normalized spacial score (nSPS) is 12.6. The van der Waals surface area contributed by atoms with Gasteiger partial charge in [0, 0.05) is 13.3 Å². The standard InChI is InChI=1S/C12H13ClN4O/c1-8(18-2)7-17-11(4-13)16-10-3-9(5-14)6-15-12(10)17/h3,6,8H,4,7H2,1-2H3/t8-/m1/s1. The van der Waals surface area contributed by atoms with Crippen molar-refractivity contribution in [3.8, 4) is 6.07 Å². The molecule has 0 bridgehead atoms. The molecule has 2 aromatic rings. The van der Waals surface area contributed by atoms with Gasteiger partial charge in [-0.3, -0.25) is 0 Å². The summed E-state index contributed by atoms with van der Waals surface area (Å²) in [6.45, 7) is 2.60. The minimum absolute atomic E-state index is 0.0433. The lowest BCUT2D eigenvalue weighted by atomic mass is 10.3. The maximum atomic E-state index is 8.84. The smallest absolute Gasteiger partial charge is 0.160 e. The maximum absolute atomic E-state index is 8.84. The lowest BCUT2D eigenvalue weighted by Gasteiger charge is -2.12. The average molecular weight is 265 g/mol. The largest absolute Gasteiger partial charge is 0.380 e. The number of aromatic nitrogens is 3. The van der Waals surface area contributed by atoms with Gasteiger partial charge in [-0.1, -0.05) is 0 Å². The Balaban J connectivity index is 2.53. The molecule has 0 N–H and O–H groups in total. The molecule has 94 valence electrons. The molecule has 0 aliphatic heterocycles. The first-order chi connectivity index (χ1) is 8.69. The van der Waals surface area contributed by atoms with Crippen molar-refractivity contribution in [1.82, 2.24) is 14.5 Å². The van der Waals surface area contributed by atoms with E-state index < -0.39 is 0 Å². The van der Waals surface area contributed by atoms with Crippen molar-refractivity contribution in [1.29, 1.82) is 5.26 Å². The Morgan fingerprint density at radius 1 is 1.61 bits per heavy atom. The molecule has 0 fully saturated rings. The van der Waals surface area contributed by atoms with Crippen LogP contribution in [0.4, 0.5) is 0 Å². The van der Waals surface area contributed by atoms with E-state index in [-0.39, 0.29) is 6.10 Å². The molecule has 2 rings (SSSR count). The zero-order valence-corrected chi connectivity index (χ0v) is 11.0. The van der Waals surface area contributed by atoms with Crippen LogP contribution >= 0.6 is 11.6 Å². The summed E-state index contributed by atoms with van der Waals surface area (Å²) >= 11 is 5.89. The fourth-order valence-corrected chi connectivity index (χ4v) is 1.95. The zero-order chi connectivity index (χ0) is 13.1. The van der Waals surface area contributed by atoms with Crippen molar-refractivity contribution in [3.63, 3.8) is 0 Å². The van der Waals surface area contributed by atoms with Crippen molar-refractivity contribution < 1.29 is 4.74 Å². The number of halogens is 1. The Kier molecular flexibility index (Phi) is 3.80. The second kappa shape index (κ2) is 5.34. The summed E-state index contributed by atoms with van der Waals surface area (Å²) in [4.78, 5) is 8.66. The number of rotatable bonds is 4. The highest BCUT2D eigenvalue weighted by Gasteiger charge is 2.14. The predicted octanol–water partition coefficient (Wildman–Crippen LogP) is 2.08. The van der Waals surface area contributed by atoms with E-state index in [1.54, 1.807) is 13.2 Å². The van der Waals surface area contributed by atoms with E-state index in [0.29, 0.717) is 23.5 Å². The number of fused-ring (bicyclic) bond motifs is 1. The van der Waals surface area contributed by atoms with Crippen LogP contribution < -0.4 is 0 Å². The van der Waals surface area contributed by atoms with Crippen LogP contribution in [0.2, 0.25) is 0 Å². The van der Waals surface area contributed by atoms with Crippen LogP contribution in [0.5, 0.6) is 0 Å². The summed E-state index contributed by atoms with van der Waals surface area (Å²) in [7, 11) is 1.66. The Labute approximate surface area is 110 Å². The van der Waals surface area contributed by atoms with Gasteiger partial charge >= 0.3 is 0 Å². The lowest BCUT2D eigenvalue weighted by molar-refractivity contribution is 0.103. The molecule has 2 aromatic heterocycles. The first-order valence-electron chi connectivity index (χ1n) is 5.53. The van der Waals surface area contributed by atoms with E-state index >= 15 is 0 Å². The van der Waals surface area contributed by atoms with Crippen LogP contribution in [0.25, 0.3) is 11.2 Å². The number of ether oxygens (including phenoxy) is 1. The molecule has 0 saturated carbocycles. The second-order valence-electron chi connectivity index (χ2n) is 4.00. The number of nitrogens with zero attached hydrogens (tertiary/aromatic N) is 4. The highest BCUT2D eigenvalue weighted by Crippen LogP contribution is 2.17. The Morgan fingerprint density at radius 2 is 2.39 bits per heavy atom. The Morgan fingerprint density at radius 3 is 3.00 bits per heavy atom. The van der Waals surface area contributed by atoms with Gasteiger partial charge < -0.3 is 9.30 Å². The third-order valence-electron chi connectivity index (χ3n) is 2.75. The van der Waals surface area contributed by atoms with E-state index in [0.717, 1.165) is 11.5 Å². The molecule has 0 aliphatic rings. The van der Waals surface area contributed by atoms with E-state index in [2.05, 4.69) is 9.97 Å². The topological polar surface area (TPSA) is 63.7 Å². The fourth-order valence-electron chi connectivity index (χ4n) is 1.74. The van der Waals surface area contributed by atoms with Gasteiger partial charge in [0.15, 0.2) is 5.65 Å². The Hall–Kier alpha value is -1.64. The van der Waals surface area contributed by atoms with Gasteiger partial charge in [0.05, 0.1) is 24.1 Å². The number of nitriles is 1. The molecule has 1 atom stereocenters. The molecule has 0 unspecified atom stereocenters. The number of imidazole rings is 1. The van der Waals surface area contributed by atoms with Crippen LogP contribution in [-0.4, -0.2) is 27.7 Å². The number of hydrogen-bond acceptors (Lipinski definition) is 4. The molecule has 0 spiro atoms. The van der Waals surface area contributed by atoms with Gasteiger partial charge in [-0.15, -0.1) is 11.6 Å². The van der Waals surface area contributed by atoms with E-state index in [1.165, 1.54) is 6.20 Å². The number of hydrogen-bond donors (Lipinski definition) is 0. The third kappa shape index (κ3) is 2.30. The zero-order valence-electron chi connectivity index (χ0n) is 10.2. The summed E-state index contributed by atoms with van der Waals surface area (Å²) in [5, 5.41) is 8.84. The minimum atomic E-state index is 0.0433. The number of methoxy groups -OCH3 is 1. The van der Waals surface area contributed by atoms with Gasteiger partial charge in [-0.05, 0) is 13.0 Å². The first kappa shape index (κ1) is 12.8. The molecular formula is C12H13ClN4O. The van der Waals surface area contributed by atoms with Crippen LogP contribution in [-0.2, 0) is 17.2 Å². The van der Waals surface area contributed by atoms with Crippen molar-refractivity contribution in [2.24, 2.45) is 0 Å². The number of pyridine rings is 1. The van der Waals surface area contributed by atoms with Crippen molar-refractivity contribution in [2.45, 2.75) is 25.5 Å². The monoisotopic (exact) mass is 264 g/mol. The van der Waals surface area contributed by atoms with Gasteiger partial charge in [-0.2, -0.15) is 5.26 Å². The SMILES string of the molecule is CO[C@H](C)Cn1c(CCl)nc2cc(C#N)cnc21. The van der Waals surface area contributed by atoms with Crippen molar-refractivity contribution in [2.75, 3.05) is 7.11 Å². The quantitative estimate of drug-likeness (QED) is 0.793. The minimum Gasteiger partial charge on any atom is -0.380 e. The molecule has 0 radical (unpaired) electrons. The average Bonchev–Trinajstić information content (AvgIpc) is 2.75. The first-order valence-corrected chi connectivity index (χ1v) is 6.07. The fraction of sp³-hybridized carbons (Fsp3) is 0.417. The number of alkyl halides is 1. The molecule has 0 aliphatic carbocycles. The Bertz CT molecular complexity index is 602. The van der Waals surface area contributed by atoms with Crippen LogP contribution in [0, 0.1) is 11.3 Å². The van der Waals surface area contributed by atoms with Gasteiger partial charge in [0.25, 0.3) is 0 Å². The molecule has 2 heterocycles. The van der Waals surface area contributed by atoms with Gasteiger partial charge in [0.1, 0.15) is 17.4 Å². The van der Waals surface area contributed by atoms with E-state index in [9.17, 15) is 0 Å². The summed E-state index contributed by atoms with van der Waals surface area (Å²) in [5.41, 5.74) is 1.91. The molecule has 5 nitrogen and oxygen atoms in total. The predicted molar refractivity (Wildman–Crippen MR) is 68.3 cm³/mol. The lowest BCUT2D eigenvalue weighted by Crippen LogP contribution is -2.16. The summed E-state index contributed by atoms with van der Waals surface area (Å²) in [6.07, 6.45) is 1.58. The second-order valence-corrected chi connectivity index (χ2v) is 4.26. The van der Waals surface area contributed by atoms with Gasteiger partial charge in [-0.25, -0.2) is 9.97 Å². The molecule has 0 saturated heterocycles. The van der Waals surface area contributed by atoms with E-state index in [1.807, 2.05) is 17.6 Å². The molecule has 0 aromatic carbocycles. The highest BCUT2D eigenvalue weighted by atomic mass is 35.5. The summed E-state index contributed by atoms with van der Waals surface area (Å²) in [5.74, 6) is 1.03. The van der Waals surface area contributed by atoms with Crippen LogP contribution in [0.1, 0.15) is 18.3 Å². The summed E-state index contributed by atoms with van der Waals surface area (Å²) < 4.78 is 7.17. The van der Waals surface area contributed by atoms with Crippen LogP contribution in [0.3, 0.4) is 0 Å². The molecule has 18 heavy (non-hydrogen) atoms. The molecule has 6 heteroatoms. The van der Waals surface area contributed by atoms with Crippen molar-refractivity contribution >= 4 is 22.8 Å². The molecular weight excluding hydrogens is 252 g/mol. The molecule has 0 amide bonds.